The first-order valence-electron chi connectivity index (χ1n) is 10.1. The maximum absolute atomic E-state index is 7.23. The van der Waals surface area contributed by atoms with Crippen LogP contribution in [-0.4, -0.2) is 0 Å². The molecular weight excluding hydrogens is 326 g/mol. The lowest BCUT2D eigenvalue weighted by atomic mass is 9.62. The van der Waals surface area contributed by atoms with Crippen LogP contribution in [0.25, 0.3) is 16.5 Å². The Morgan fingerprint density at radius 1 is 0.926 bits per heavy atom. The smallest absolute Gasteiger partial charge is 0.187 e. The molecule has 0 saturated heterocycles. The highest BCUT2D eigenvalue weighted by Crippen LogP contribution is 2.47. The first kappa shape index (κ1) is 18.1. The zero-order valence-corrected chi connectivity index (χ0v) is 17.2. The van der Waals surface area contributed by atoms with Gasteiger partial charge in [-0.3, -0.25) is 0 Å². The molecule has 2 aliphatic rings. The van der Waals surface area contributed by atoms with Crippen LogP contribution in [0.15, 0.2) is 30.3 Å². The maximum atomic E-state index is 7.23. The Kier molecular flexibility index (Phi) is 4.08. The number of nitrogens with zero attached hydrogens (tertiary/aromatic N) is 1. The van der Waals surface area contributed by atoms with Gasteiger partial charge < -0.3 is 0 Å². The largest absolute Gasteiger partial charge is 0.238 e. The minimum absolute atomic E-state index is 0.240. The summed E-state index contributed by atoms with van der Waals surface area (Å²) in [7, 11) is 0. The van der Waals surface area contributed by atoms with E-state index in [-0.39, 0.29) is 10.8 Å². The Bertz CT molecular complexity index is 996. The summed E-state index contributed by atoms with van der Waals surface area (Å²) in [6.45, 7) is 19.1. The van der Waals surface area contributed by atoms with Crippen LogP contribution in [0.1, 0.15) is 80.3 Å². The van der Waals surface area contributed by atoms with E-state index in [0.29, 0.717) is 0 Å². The number of hydrogen-bond donors (Lipinski definition) is 0. The Balaban J connectivity index is 1.82. The van der Waals surface area contributed by atoms with E-state index in [2.05, 4.69) is 69.8 Å². The number of hydrogen-bond acceptors (Lipinski definition) is 0. The summed E-state index contributed by atoms with van der Waals surface area (Å²) in [4.78, 5) is 3.58. The molecule has 0 N–H and O–H groups in total. The normalized spacial score (nSPS) is 20.8. The van der Waals surface area contributed by atoms with Gasteiger partial charge in [0.05, 0.1) is 6.57 Å². The highest BCUT2D eigenvalue weighted by molar-refractivity contribution is 5.87. The lowest BCUT2D eigenvalue weighted by molar-refractivity contribution is 0.331. The van der Waals surface area contributed by atoms with Gasteiger partial charge in [-0.25, -0.2) is 4.85 Å². The van der Waals surface area contributed by atoms with Crippen LogP contribution in [0.2, 0.25) is 0 Å². The third-order valence-electron chi connectivity index (χ3n) is 6.80. The number of fused-ring (bicyclic) bond motifs is 2. The molecule has 0 unspecified atom stereocenters. The molecule has 27 heavy (non-hydrogen) atoms. The Morgan fingerprint density at radius 2 is 1.59 bits per heavy atom. The highest BCUT2D eigenvalue weighted by atomic mass is 14.6. The number of benzene rings is 2. The molecule has 0 aromatic heterocycles. The van der Waals surface area contributed by atoms with Gasteiger partial charge in [0, 0.05) is 0 Å². The average Bonchev–Trinajstić information content (AvgIpc) is 3.02. The Hall–Kier alpha value is -2.33. The van der Waals surface area contributed by atoms with Crippen LogP contribution in [-0.2, 0) is 17.3 Å². The number of rotatable bonds is 1. The van der Waals surface area contributed by atoms with E-state index in [1.54, 1.807) is 0 Å². The van der Waals surface area contributed by atoms with Gasteiger partial charge in [-0.05, 0) is 76.8 Å². The van der Waals surface area contributed by atoms with E-state index >= 15 is 0 Å². The molecule has 0 spiro atoms. The molecule has 0 radical (unpaired) electrons. The second-order valence-corrected chi connectivity index (χ2v) is 9.64. The van der Waals surface area contributed by atoms with Gasteiger partial charge in [-0.15, -0.1) is 0 Å². The summed E-state index contributed by atoms with van der Waals surface area (Å²) in [5.41, 5.74) is 11.1. The molecule has 0 heterocycles. The lowest BCUT2D eigenvalue weighted by Crippen LogP contribution is -2.34. The fraction of sp³-hybridized carbons (Fsp3) is 0.423. The minimum atomic E-state index is 0.240. The van der Waals surface area contributed by atoms with Crippen molar-refractivity contribution in [3.8, 4) is 0 Å². The van der Waals surface area contributed by atoms with Crippen molar-refractivity contribution in [3.05, 3.63) is 75.1 Å². The zero-order chi connectivity index (χ0) is 19.4. The Morgan fingerprint density at radius 3 is 2.26 bits per heavy atom. The van der Waals surface area contributed by atoms with E-state index in [0.717, 1.165) is 18.5 Å². The van der Waals surface area contributed by atoms with Gasteiger partial charge in [0.1, 0.15) is 0 Å². The fourth-order valence-electron chi connectivity index (χ4n) is 4.81. The third-order valence-corrected chi connectivity index (χ3v) is 6.80. The molecule has 4 rings (SSSR count). The van der Waals surface area contributed by atoms with Crippen molar-refractivity contribution in [3.63, 3.8) is 0 Å². The molecule has 2 aromatic rings. The predicted molar refractivity (Wildman–Crippen MR) is 115 cm³/mol. The summed E-state index contributed by atoms with van der Waals surface area (Å²) < 4.78 is 0. The van der Waals surface area contributed by atoms with Crippen molar-refractivity contribution >= 4 is 17.3 Å². The van der Waals surface area contributed by atoms with E-state index in [9.17, 15) is 0 Å². The number of aryl methyl sites for hydroxylation is 2. The molecule has 0 fully saturated rings. The van der Waals surface area contributed by atoms with E-state index in [1.807, 2.05) is 6.07 Å². The van der Waals surface area contributed by atoms with Gasteiger partial charge in [0.15, 0.2) is 5.69 Å². The molecule has 0 amide bonds. The second kappa shape index (κ2) is 6.10. The lowest BCUT2D eigenvalue weighted by Gasteiger charge is -2.42. The van der Waals surface area contributed by atoms with Crippen molar-refractivity contribution < 1.29 is 0 Å². The summed E-state index contributed by atoms with van der Waals surface area (Å²) in [6.07, 6.45) is 7.02. The quantitative estimate of drug-likeness (QED) is 0.470. The van der Waals surface area contributed by atoms with Crippen LogP contribution in [0.4, 0.5) is 5.69 Å². The van der Waals surface area contributed by atoms with Crippen molar-refractivity contribution in [2.75, 3.05) is 0 Å². The minimum Gasteiger partial charge on any atom is -0.238 e. The van der Waals surface area contributed by atoms with Crippen molar-refractivity contribution in [1.82, 2.24) is 0 Å². The first-order valence-corrected chi connectivity index (χ1v) is 10.1. The zero-order valence-electron chi connectivity index (χ0n) is 17.2. The number of allylic oxidation sites excluding steroid dienone is 1. The average molecular weight is 356 g/mol. The molecule has 0 atom stereocenters. The third kappa shape index (κ3) is 3.02. The van der Waals surface area contributed by atoms with Crippen LogP contribution in [0.3, 0.4) is 0 Å². The topological polar surface area (TPSA) is 4.36 Å². The summed E-state index contributed by atoms with van der Waals surface area (Å²) in [5, 5.41) is 0. The molecule has 0 saturated carbocycles. The summed E-state index contributed by atoms with van der Waals surface area (Å²) in [6, 6.07) is 11.1. The molecule has 138 valence electrons. The predicted octanol–water partition coefficient (Wildman–Crippen LogP) is 7.38. The molecule has 0 bridgehead atoms. The van der Waals surface area contributed by atoms with Crippen LogP contribution in [0, 0.1) is 13.5 Å². The second-order valence-electron chi connectivity index (χ2n) is 9.64. The molecular formula is C26H29N. The van der Waals surface area contributed by atoms with Gasteiger partial charge in [0.25, 0.3) is 0 Å². The SMILES string of the molecule is [C-]#[N+]c1ccc2c(c1)CC/C2=C/c1cc2c(cc1C)C(C)(C)CCC2(C)C. The molecule has 0 aliphatic heterocycles. The summed E-state index contributed by atoms with van der Waals surface area (Å²) >= 11 is 0. The van der Waals surface area contributed by atoms with E-state index < -0.39 is 0 Å². The molecule has 2 aromatic carbocycles. The highest BCUT2D eigenvalue weighted by Gasteiger charge is 2.37. The van der Waals surface area contributed by atoms with Crippen LogP contribution < -0.4 is 0 Å². The Labute approximate surface area is 163 Å². The maximum Gasteiger partial charge on any atom is 0.187 e. The standard InChI is InChI=1S/C26H29N/c1-17-13-23-24(26(4,5)12-11-25(23,2)3)16-20(17)14-18-7-8-19-15-21(27-6)9-10-22(18)19/h9-10,13-16H,7-8,11-12H2,1-5H3/b18-14-. The van der Waals surface area contributed by atoms with Crippen LogP contribution in [0.5, 0.6) is 0 Å². The van der Waals surface area contributed by atoms with Gasteiger partial charge in [-0.1, -0.05) is 69.7 Å². The van der Waals surface area contributed by atoms with E-state index in [1.165, 1.54) is 51.8 Å². The van der Waals surface area contributed by atoms with Gasteiger partial charge >= 0.3 is 0 Å². The van der Waals surface area contributed by atoms with E-state index in [4.69, 9.17) is 6.57 Å². The van der Waals surface area contributed by atoms with Crippen LogP contribution >= 0.6 is 0 Å². The first-order chi connectivity index (χ1) is 12.7. The fourth-order valence-corrected chi connectivity index (χ4v) is 4.81. The van der Waals surface area contributed by atoms with Crippen molar-refractivity contribution in [1.29, 1.82) is 0 Å². The molecule has 1 heteroatoms. The summed E-state index contributed by atoms with van der Waals surface area (Å²) in [5.74, 6) is 0. The van der Waals surface area contributed by atoms with Crippen molar-refractivity contribution in [2.24, 2.45) is 0 Å². The molecule has 1 nitrogen and oxygen atoms in total. The van der Waals surface area contributed by atoms with Crippen molar-refractivity contribution in [2.45, 2.75) is 71.1 Å². The van der Waals surface area contributed by atoms with Gasteiger partial charge in [0.2, 0.25) is 0 Å². The van der Waals surface area contributed by atoms with Gasteiger partial charge in [-0.2, -0.15) is 0 Å². The monoisotopic (exact) mass is 355 g/mol. The molecule has 2 aliphatic carbocycles.